The summed E-state index contributed by atoms with van der Waals surface area (Å²) in [5, 5.41) is 5.93. The summed E-state index contributed by atoms with van der Waals surface area (Å²) in [6, 6.07) is 6.22. The molecule has 2 saturated heterocycles. The van der Waals surface area contributed by atoms with Gasteiger partial charge >= 0.3 is 0 Å². The maximum Gasteiger partial charge on any atom is 0.254 e. The van der Waals surface area contributed by atoms with Crippen molar-refractivity contribution in [3.8, 4) is 0 Å². The van der Waals surface area contributed by atoms with Gasteiger partial charge < -0.3 is 15.5 Å². The Kier molecular flexibility index (Phi) is 6.85. The molecule has 0 radical (unpaired) electrons. The normalized spacial score (nSPS) is 24.1. The maximum absolute atomic E-state index is 12.7. The number of hydrogen-bond donors (Lipinski definition) is 2. The van der Waals surface area contributed by atoms with Gasteiger partial charge in [0, 0.05) is 43.8 Å². The van der Waals surface area contributed by atoms with E-state index in [0.717, 1.165) is 10.8 Å². The number of halogens is 1. The van der Waals surface area contributed by atoms with Crippen LogP contribution >= 0.6 is 12.4 Å². The molecule has 0 aliphatic carbocycles. The lowest BCUT2D eigenvalue weighted by Gasteiger charge is -2.38. The van der Waals surface area contributed by atoms with E-state index in [1.54, 1.807) is 17.0 Å². The van der Waals surface area contributed by atoms with Gasteiger partial charge in [-0.2, -0.15) is 4.31 Å². The zero-order chi connectivity index (χ0) is 18.9. The van der Waals surface area contributed by atoms with Gasteiger partial charge in [-0.05, 0) is 38.1 Å². The van der Waals surface area contributed by atoms with E-state index in [1.807, 2.05) is 13.8 Å². The van der Waals surface area contributed by atoms with Crippen LogP contribution < -0.4 is 10.6 Å². The van der Waals surface area contributed by atoms with Crippen molar-refractivity contribution in [2.24, 2.45) is 0 Å². The fourth-order valence-corrected chi connectivity index (χ4v) is 4.64. The highest BCUT2D eigenvalue weighted by Crippen LogP contribution is 2.19. The number of sulfonamides is 1. The lowest BCUT2D eigenvalue weighted by molar-refractivity contribution is -0.122. The van der Waals surface area contributed by atoms with E-state index < -0.39 is 10.0 Å². The number of nitrogens with one attached hydrogen (secondary N) is 2. The number of amides is 2. The summed E-state index contributed by atoms with van der Waals surface area (Å²) in [6.07, 6.45) is 0. The fraction of sp³-hybridized carbons (Fsp3) is 0.529. The monoisotopic (exact) mass is 416 g/mol. The van der Waals surface area contributed by atoms with Crippen molar-refractivity contribution in [3.63, 3.8) is 0 Å². The molecule has 2 aliphatic heterocycles. The molecule has 2 N–H and O–H groups in total. The summed E-state index contributed by atoms with van der Waals surface area (Å²) in [4.78, 5) is 26.1. The van der Waals surface area contributed by atoms with E-state index in [4.69, 9.17) is 0 Å². The number of hydrogen-bond acceptors (Lipinski definition) is 5. The van der Waals surface area contributed by atoms with Crippen LogP contribution in [-0.4, -0.2) is 74.2 Å². The van der Waals surface area contributed by atoms with Gasteiger partial charge in [-0.3, -0.25) is 9.59 Å². The molecular formula is C17H25ClN4O4S. The fourth-order valence-electron chi connectivity index (χ4n) is 3.25. The van der Waals surface area contributed by atoms with Gasteiger partial charge in [-0.25, -0.2) is 8.42 Å². The number of benzene rings is 1. The van der Waals surface area contributed by atoms with Gasteiger partial charge in [0.25, 0.3) is 5.91 Å². The molecule has 3 rings (SSSR count). The molecule has 2 atom stereocenters. The topological polar surface area (TPSA) is 98.8 Å². The Morgan fingerprint density at radius 1 is 1.11 bits per heavy atom. The van der Waals surface area contributed by atoms with Gasteiger partial charge in [0.2, 0.25) is 15.9 Å². The molecule has 0 spiro atoms. The van der Waals surface area contributed by atoms with Crippen molar-refractivity contribution in [1.82, 2.24) is 19.8 Å². The summed E-state index contributed by atoms with van der Waals surface area (Å²) in [7, 11) is -3.74. The SMILES string of the molecule is CC1NCCN(C(=O)c2ccc(S(=O)(=O)N3CCNC(=O)C3)cc2)C1C.Cl. The molecule has 2 amide bonds. The van der Waals surface area contributed by atoms with Crippen molar-refractivity contribution in [3.05, 3.63) is 29.8 Å². The Bertz CT molecular complexity index is 800. The van der Waals surface area contributed by atoms with Crippen molar-refractivity contribution in [1.29, 1.82) is 0 Å². The molecule has 2 unspecified atom stereocenters. The first-order valence-corrected chi connectivity index (χ1v) is 10.2. The van der Waals surface area contributed by atoms with E-state index >= 15 is 0 Å². The zero-order valence-corrected chi connectivity index (χ0v) is 17.0. The molecule has 8 nitrogen and oxygen atoms in total. The maximum atomic E-state index is 12.7. The molecule has 0 aromatic heterocycles. The Labute approximate surface area is 165 Å². The van der Waals surface area contributed by atoms with E-state index in [-0.39, 0.29) is 54.3 Å². The Hall–Kier alpha value is -1.68. The minimum atomic E-state index is -3.74. The minimum Gasteiger partial charge on any atom is -0.354 e. The Morgan fingerprint density at radius 2 is 1.78 bits per heavy atom. The molecule has 27 heavy (non-hydrogen) atoms. The van der Waals surface area contributed by atoms with Gasteiger partial charge in [0.05, 0.1) is 11.4 Å². The number of piperazine rings is 2. The molecule has 10 heteroatoms. The van der Waals surface area contributed by atoms with Crippen molar-refractivity contribution in [2.75, 3.05) is 32.7 Å². The summed E-state index contributed by atoms with van der Waals surface area (Å²) < 4.78 is 26.5. The largest absolute Gasteiger partial charge is 0.354 e. The molecule has 2 aliphatic rings. The third-order valence-electron chi connectivity index (χ3n) is 5.04. The first kappa shape index (κ1) is 21.6. The van der Waals surface area contributed by atoms with E-state index in [2.05, 4.69) is 10.6 Å². The number of rotatable bonds is 3. The van der Waals surface area contributed by atoms with Crippen LogP contribution in [0.3, 0.4) is 0 Å². The Morgan fingerprint density at radius 3 is 2.41 bits per heavy atom. The van der Waals surface area contributed by atoms with Crippen LogP contribution in [0.2, 0.25) is 0 Å². The summed E-state index contributed by atoms with van der Waals surface area (Å²) in [5.41, 5.74) is 0.460. The van der Waals surface area contributed by atoms with Gasteiger partial charge in [0.1, 0.15) is 0 Å². The van der Waals surface area contributed by atoms with Crippen LogP contribution in [0.25, 0.3) is 0 Å². The lowest BCUT2D eigenvalue weighted by atomic mass is 10.1. The summed E-state index contributed by atoms with van der Waals surface area (Å²) in [6.45, 7) is 5.75. The summed E-state index contributed by atoms with van der Waals surface area (Å²) >= 11 is 0. The Balaban J connectivity index is 0.00000261. The van der Waals surface area contributed by atoms with Crippen LogP contribution in [0.4, 0.5) is 0 Å². The highest BCUT2D eigenvalue weighted by Gasteiger charge is 2.31. The minimum absolute atomic E-state index is 0. The van der Waals surface area contributed by atoms with Crippen LogP contribution in [0, 0.1) is 0 Å². The molecule has 0 bridgehead atoms. The average Bonchev–Trinajstić information content (AvgIpc) is 2.63. The van der Waals surface area contributed by atoms with Crippen LogP contribution in [0.5, 0.6) is 0 Å². The van der Waals surface area contributed by atoms with E-state index in [0.29, 0.717) is 18.7 Å². The molecule has 1 aromatic rings. The quantitative estimate of drug-likeness (QED) is 0.725. The second-order valence-corrected chi connectivity index (χ2v) is 8.63. The van der Waals surface area contributed by atoms with Crippen molar-refractivity contribution < 1.29 is 18.0 Å². The standard InChI is InChI=1S/C17H24N4O4S.ClH/c1-12-13(2)21(10-8-18-12)17(23)14-3-5-15(6-4-14)26(24,25)20-9-7-19-16(22)11-20;/h3-6,12-13,18H,7-11H2,1-2H3,(H,19,22);1H. The first-order valence-electron chi connectivity index (χ1n) is 8.72. The van der Waals surface area contributed by atoms with Crippen LogP contribution in [0.1, 0.15) is 24.2 Å². The molecule has 2 heterocycles. The van der Waals surface area contributed by atoms with Crippen molar-refractivity contribution in [2.45, 2.75) is 30.8 Å². The third kappa shape index (κ3) is 4.43. The lowest BCUT2D eigenvalue weighted by Crippen LogP contribution is -2.57. The zero-order valence-electron chi connectivity index (χ0n) is 15.3. The highest BCUT2D eigenvalue weighted by molar-refractivity contribution is 7.89. The predicted molar refractivity (Wildman–Crippen MR) is 103 cm³/mol. The smallest absolute Gasteiger partial charge is 0.254 e. The van der Waals surface area contributed by atoms with Gasteiger partial charge in [-0.1, -0.05) is 0 Å². The van der Waals surface area contributed by atoms with Crippen molar-refractivity contribution >= 4 is 34.2 Å². The average molecular weight is 417 g/mol. The second-order valence-electron chi connectivity index (χ2n) is 6.69. The van der Waals surface area contributed by atoms with Crippen LogP contribution in [-0.2, 0) is 14.8 Å². The molecule has 0 saturated carbocycles. The molecule has 2 fully saturated rings. The molecular weight excluding hydrogens is 392 g/mol. The first-order chi connectivity index (χ1) is 12.3. The molecule has 150 valence electrons. The van der Waals surface area contributed by atoms with Gasteiger partial charge in [0.15, 0.2) is 0 Å². The van der Waals surface area contributed by atoms with E-state index in [1.165, 1.54) is 12.1 Å². The summed E-state index contributed by atoms with van der Waals surface area (Å²) in [5.74, 6) is -0.416. The van der Waals surface area contributed by atoms with E-state index in [9.17, 15) is 18.0 Å². The predicted octanol–water partition coefficient (Wildman–Crippen LogP) is 0.0513. The highest BCUT2D eigenvalue weighted by atomic mass is 35.5. The van der Waals surface area contributed by atoms with Crippen LogP contribution in [0.15, 0.2) is 29.2 Å². The second kappa shape index (κ2) is 8.55. The number of carbonyl (C=O) groups is 2. The number of nitrogens with zero attached hydrogens (tertiary/aromatic N) is 2. The van der Waals surface area contributed by atoms with Gasteiger partial charge in [-0.15, -0.1) is 12.4 Å². The number of carbonyl (C=O) groups excluding carboxylic acids is 2. The molecule has 1 aromatic carbocycles. The third-order valence-corrected chi connectivity index (χ3v) is 6.90.